The molecule has 184 valence electrons. The van der Waals surface area contributed by atoms with Gasteiger partial charge in [0.25, 0.3) is 5.69 Å². The predicted octanol–water partition coefficient (Wildman–Crippen LogP) is 4.05. The van der Waals surface area contributed by atoms with Crippen LogP contribution < -0.4 is 4.90 Å². The minimum Gasteiger partial charge on any atom is -0.464 e. The van der Waals surface area contributed by atoms with E-state index in [4.69, 9.17) is 4.74 Å². The fourth-order valence-electron chi connectivity index (χ4n) is 5.59. The largest absolute Gasteiger partial charge is 0.464 e. The van der Waals surface area contributed by atoms with Crippen LogP contribution in [0.1, 0.15) is 28.3 Å². The maximum absolute atomic E-state index is 14.7. The van der Waals surface area contributed by atoms with Crippen molar-refractivity contribution in [3.8, 4) is 0 Å². The monoisotopic (exact) mass is 498 g/mol. The highest BCUT2D eigenvalue weighted by atomic mass is 19.1. The lowest BCUT2D eigenvalue weighted by Crippen LogP contribution is -2.51. The van der Waals surface area contributed by atoms with Crippen molar-refractivity contribution in [1.82, 2.24) is 5.01 Å². The van der Waals surface area contributed by atoms with E-state index in [0.29, 0.717) is 22.5 Å². The number of fused-ring (bicyclic) bond motifs is 6. The number of likely N-dealkylation sites (N-methyl/N-ethyl adjacent to an activating group) is 1. The zero-order valence-electron chi connectivity index (χ0n) is 19.7. The summed E-state index contributed by atoms with van der Waals surface area (Å²) >= 11 is 0. The molecule has 6 rings (SSSR count). The number of benzene rings is 3. The molecule has 0 unspecified atom stereocenters. The number of hydrazone groups is 1. The number of methoxy groups -OCH3 is 1. The van der Waals surface area contributed by atoms with E-state index in [1.807, 2.05) is 36.4 Å². The maximum atomic E-state index is 14.7. The Balaban J connectivity index is 1.72. The van der Waals surface area contributed by atoms with E-state index in [1.54, 1.807) is 6.07 Å². The highest BCUT2D eigenvalue weighted by Crippen LogP contribution is 2.59. The number of nitro benzene ring substituents is 1. The number of nitro groups is 1. The second-order valence-electron chi connectivity index (χ2n) is 8.99. The van der Waals surface area contributed by atoms with Gasteiger partial charge in [-0.15, -0.1) is 0 Å². The van der Waals surface area contributed by atoms with Gasteiger partial charge in [0.2, 0.25) is 5.91 Å². The highest BCUT2D eigenvalue weighted by molar-refractivity contribution is 6.48. The average molecular weight is 498 g/mol. The summed E-state index contributed by atoms with van der Waals surface area (Å²) in [5.41, 5.74) is 0.717. The third-order valence-electron chi connectivity index (χ3n) is 7.19. The molecule has 3 aromatic carbocycles. The van der Waals surface area contributed by atoms with Crippen LogP contribution in [0.5, 0.6) is 0 Å². The van der Waals surface area contributed by atoms with Gasteiger partial charge >= 0.3 is 5.97 Å². The minimum absolute atomic E-state index is 0.227. The zero-order valence-corrected chi connectivity index (χ0v) is 19.7. The van der Waals surface area contributed by atoms with Gasteiger partial charge in [-0.3, -0.25) is 19.9 Å². The lowest BCUT2D eigenvalue weighted by molar-refractivity contribution is -0.384. The van der Waals surface area contributed by atoms with Crippen LogP contribution in [0.25, 0.3) is 11.8 Å². The van der Waals surface area contributed by atoms with Crippen LogP contribution in [0.4, 0.5) is 15.8 Å². The van der Waals surface area contributed by atoms with Gasteiger partial charge < -0.3 is 9.64 Å². The molecule has 0 N–H and O–H groups in total. The van der Waals surface area contributed by atoms with E-state index in [1.165, 1.54) is 54.4 Å². The standard InChI is InChI=1S/C27H19FN4O5/c1-30-21-11-10-18(32(35)36)14-20(21)27(26(30)34)23(25(33)37-2)29-31-22(15-6-4-3-5-7-15)12-16-8-9-17(28)13-19(16)24(27)31/h3-14,24H,1-2H3/t24-,27+/m0/s1. The van der Waals surface area contributed by atoms with Crippen molar-refractivity contribution < 1.29 is 23.6 Å². The van der Waals surface area contributed by atoms with Crippen LogP contribution in [-0.2, 0) is 19.7 Å². The molecular weight excluding hydrogens is 479 g/mol. The lowest BCUT2D eigenvalue weighted by Gasteiger charge is -2.39. The van der Waals surface area contributed by atoms with Gasteiger partial charge in [0, 0.05) is 30.4 Å². The van der Waals surface area contributed by atoms with E-state index in [2.05, 4.69) is 5.10 Å². The summed E-state index contributed by atoms with van der Waals surface area (Å²) in [7, 11) is 2.71. The Bertz CT molecular complexity index is 1580. The van der Waals surface area contributed by atoms with Gasteiger partial charge in [-0.2, -0.15) is 5.10 Å². The molecule has 3 heterocycles. The van der Waals surface area contributed by atoms with E-state index < -0.39 is 34.1 Å². The first-order chi connectivity index (χ1) is 17.8. The van der Waals surface area contributed by atoms with Crippen LogP contribution in [-0.4, -0.2) is 41.7 Å². The van der Waals surface area contributed by atoms with Crippen LogP contribution in [0.15, 0.2) is 71.8 Å². The fourth-order valence-corrected chi connectivity index (χ4v) is 5.59. The van der Waals surface area contributed by atoms with Crippen molar-refractivity contribution in [1.29, 1.82) is 0 Å². The first kappa shape index (κ1) is 22.6. The molecule has 1 amide bonds. The summed E-state index contributed by atoms with van der Waals surface area (Å²) < 4.78 is 19.7. The van der Waals surface area contributed by atoms with Crippen molar-refractivity contribution in [2.75, 3.05) is 19.1 Å². The Labute approximate surface area is 210 Å². The summed E-state index contributed by atoms with van der Waals surface area (Å²) in [6.07, 6.45) is 1.82. The number of anilines is 1. The number of ether oxygens (including phenoxy) is 1. The topological polar surface area (TPSA) is 105 Å². The average Bonchev–Trinajstić information content (AvgIpc) is 3.38. The van der Waals surface area contributed by atoms with Crippen LogP contribution in [0.3, 0.4) is 0 Å². The highest BCUT2D eigenvalue weighted by Gasteiger charge is 2.67. The Morgan fingerprint density at radius 3 is 2.59 bits per heavy atom. The molecule has 3 aliphatic rings. The number of esters is 1. The third kappa shape index (κ3) is 2.92. The van der Waals surface area contributed by atoms with Crippen molar-refractivity contribution >= 4 is 40.7 Å². The first-order valence-corrected chi connectivity index (χ1v) is 11.4. The molecule has 0 saturated heterocycles. The van der Waals surface area contributed by atoms with Gasteiger partial charge in [0.1, 0.15) is 11.9 Å². The molecule has 0 bridgehead atoms. The molecular formula is C27H19FN4O5. The van der Waals surface area contributed by atoms with Crippen molar-refractivity contribution in [3.05, 3.63) is 105 Å². The molecule has 0 saturated carbocycles. The Morgan fingerprint density at radius 2 is 1.89 bits per heavy atom. The maximum Gasteiger partial charge on any atom is 0.355 e. The summed E-state index contributed by atoms with van der Waals surface area (Å²) in [4.78, 5) is 40.0. The molecule has 0 radical (unpaired) electrons. The summed E-state index contributed by atoms with van der Waals surface area (Å²) in [5.74, 6) is -1.92. The summed E-state index contributed by atoms with van der Waals surface area (Å²) in [5, 5.41) is 17.9. The third-order valence-corrected chi connectivity index (χ3v) is 7.19. The summed E-state index contributed by atoms with van der Waals surface area (Å²) in [6.45, 7) is 0. The molecule has 3 aliphatic heterocycles. The summed E-state index contributed by atoms with van der Waals surface area (Å²) in [6, 6.07) is 16.5. The number of non-ortho nitro benzene ring substituents is 1. The smallest absolute Gasteiger partial charge is 0.355 e. The number of carbonyl (C=O) groups is 2. The van der Waals surface area contributed by atoms with Gasteiger partial charge in [-0.25, -0.2) is 9.18 Å². The second kappa shape index (κ2) is 7.82. The molecule has 0 aliphatic carbocycles. The van der Waals surface area contributed by atoms with E-state index in [9.17, 15) is 24.1 Å². The number of nitrogens with zero attached hydrogens (tertiary/aromatic N) is 4. The molecule has 0 aromatic heterocycles. The normalized spacial score (nSPS) is 21.3. The van der Waals surface area contributed by atoms with Crippen molar-refractivity contribution in [2.24, 2.45) is 5.10 Å². The Morgan fingerprint density at radius 1 is 1.14 bits per heavy atom. The number of carbonyl (C=O) groups excluding carboxylic acids is 2. The minimum atomic E-state index is -1.82. The van der Waals surface area contributed by atoms with Crippen LogP contribution in [0.2, 0.25) is 0 Å². The number of halogens is 1. The molecule has 3 aromatic rings. The van der Waals surface area contributed by atoms with E-state index in [-0.39, 0.29) is 17.0 Å². The molecule has 0 fully saturated rings. The van der Waals surface area contributed by atoms with Crippen molar-refractivity contribution in [3.63, 3.8) is 0 Å². The first-order valence-electron chi connectivity index (χ1n) is 11.4. The molecule has 9 nitrogen and oxygen atoms in total. The lowest BCUT2D eigenvalue weighted by atomic mass is 9.68. The van der Waals surface area contributed by atoms with Crippen LogP contribution in [0, 0.1) is 15.9 Å². The van der Waals surface area contributed by atoms with E-state index in [0.717, 1.165) is 5.56 Å². The van der Waals surface area contributed by atoms with Crippen LogP contribution >= 0.6 is 0 Å². The Hall–Kier alpha value is -4.86. The fraction of sp³-hybridized carbons (Fsp3) is 0.148. The number of hydrogen-bond acceptors (Lipinski definition) is 7. The number of amides is 1. The zero-order chi connectivity index (χ0) is 26.1. The molecule has 2 atom stereocenters. The quantitative estimate of drug-likeness (QED) is 0.307. The van der Waals surface area contributed by atoms with Gasteiger partial charge in [-0.05, 0) is 41.0 Å². The molecule has 37 heavy (non-hydrogen) atoms. The number of hydrogen-bond donors (Lipinski definition) is 0. The Kier molecular flexibility index (Phi) is 4.78. The van der Waals surface area contributed by atoms with Gasteiger partial charge in [0.05, 0.1) is 17.7 Å². The number of rotatable bonds is 3. The van der Waals surface area contributed by atoms with Gasteiger partial charge in [-0.1, -0.05) is 36.4 Å². The SMILES string of the molecule is COC(=O)C1=NN2C(c3ccccc3)=Cc3ccc(F)cc3[C@H]2[C@]12C(=O)N(C)c1ccc([N+](=O)[O-])cc12. The van der Waals surface area contributed by atoms with Crippen molar-refractivity contribution in [2.45, 2.75) is 11.5 Å². The molecule has 1 spiro atoms. The van der Waals surface area contributed by atoms with Gasteiger partial charge in [0.15, 0.2) is 11.1 Å². The second-order valence-corrected chi connectivity index (χ2v) is 8.99. The molecule has 10 heteroatoms. The predicted molar refractivity (Wildman–Crippen MR) is 133 cm³/mol. The van der Waals surface area contributed by atoms with E-state index >= 15 is 0 Å².